The van der Waals surface area contributed by atoms with Crippen molar-refractivity contribution in [3.05, 3.63) is 59.7 Å². The Balaban J connectivity index is 1.89. The van der Waals surface area contributed by atoms with Crippen molar-refractivity contribution in [3.8, 4) is 0 Å². The van der Waals surface area contributed by atoms with Crippen molar-refractivity contribution in [2.45, 2.75) is 19.6 Å². The van der Waals surface area contributed by atoms with E-state index < -0.39 is 0 Å². The van der Waals surface area contributed by atoms with Gasteiger partial charge < -0.3 is 5.32 Å². The summed E-state index contributed by atoms with van der Waals surface area (Å²) in [7, 11) is 4.03. The monoisotopic (exact) mass is 256 g/mol. The van der Waals surface area contributed by atoms with Gasteiger partial charge in [0.2, 0.25) is 0 Å². The Hall–Kier alpha value is -1.78. The molecule has 2 rings (SSSR count). The Morgan fingerprint density at radius 3 is 2.63 bits per heavy atom. The third-order valence-electron chi connectivity index (χ3n) is 2.87. The fourth-order valence-electron chi connectivity index (χ4n) is 1.99. The lowest BCUT2D eigenvalue weighted by Gasteiger charge is -2.16. The van der Waals surface area contributed by atoms with Crippen LogP contribution in [0.15, 0.2) is 42.9 Å². The summed E-state index contributed by atoms with van der Waals surface area (Å²) in [5.74, 6) is 0. The van der Waals surface area contributed by atoms with E-state index in [1.165, 1.54) is 11.1 Å². The van der Waals surface area contributed by atoms with Gasteiger partial charge in [0.15, 0.2) is 0 Å². The zero-order valence-corrected chi connectivity index (χ0v) is 11.5. The van der Waals surface area contributed by atoms with Gasteiger partial charge >= 0.3 is 0 Å². The van der Waals surface area contributed by atoms with Crippen molar-refractivity contribution in [3.63, 3.8) is 0 Å². The van der Waals surface area contributed by atoms with Crippen LogP contribution in [0.2, 0.25) is 0 Å². The van der Waals surface area contributed by atoms with Gasteiger partial charge in [0.25, 0.3) is 0 Å². The highest BCUT2D eigenvalue weighted by atomic mass is 15.1. The minimum Gasteiger partial charge on any atom is -0.316 e. The summed E-state index contributed by atoms with van der Waals surface area (Å²) in [6.45, 7) is 2.58. The van der Waals surface area contributed by atoms with E-state index in [-0.39, 0.29) is 0 Å². The quantitative estimate of drug-likeness (QED) is 0.856. The van der Waals surface area contributed by atoms with E-state index in [0.717, 1.165) is 25.3 Å². The molecule has 0 aliphatic rings. The topological polar surface area (TPSA) is 41.0 Å². The Morgan fingerprint density at radius 1 is 1.11 bits per heavy atom. The fraction of sp³-hybridized carbons (Fsp3) is 0.333. The SMILES string of the molecule is CNCc1ccc(CN(C)Cc2cccnc2)nc1. The number of rotatable bonds is 6. The number of hydrogen-bond acceptors (Lipinski definition) is 4. The number of hydrogen-bond donors (Lipinski definition) is 1. The largest absolute Gasteiger partial charge is 0.316 e. The molecular weight excluding hydrogens is 236 g/mol. The molecule has 2 heterocycles. The van der Waals surface area contributed by atoms with Gasteiger partial charge in [-0.05, 0) is 37.4 Å². The molecule has 4 nitrogen and oxygen atoms in total. The van der Waals surface area contributed by atoms with Gasteiger partial charge in [-0.25, -0.2) is 0 Å². The molecule has 0 saturated carbocycles. The van der Waals surface area contributed by atoms with Crippen LogP contribution in [0.5, 0.6) is 0 Å². The van der Waals surface area contributed by atoms with Crippen LogP contribution in [0.3, 0.4) is 0 Å². The van der Waals surface area contributed by atoms with Crippen LogP contribution < -0.4 is 5.32 Å². The molecule has 0 unspecified atom stereocenters. The van der Waals surface area contributed by atoms with Crippen LogP contribution in [-0.2, 0) is 19.6 Å². The molecular formula is C15H20N4. The second kappa shape index (κ2) is 6.97. The maximum Gasteiger partial charge on any atom is 0.0544 e. The number of aromatic nitrogens is 2. The summed E-state index contributed by atoms with van der Waals surface area (Å²) in [5.41, 5.74) is 3.52. The standard InChI is InChI=1S/C15H20N4/c1-16-8-13-5-6-15(18-10-13)12-19(2)11-14-4-3-7-17-9-14/h3-7,9-10,16H,8,11-12H2,1-2H3. The minimum atomic E-state index is 0.842. The summed E-state index contributed by atoms with van der Waals surface area (Å²) in [6.07, 6.45) is 5.63. The normalized spacial score (nSPS) is 10.9. The van der Waals surface area contributed by atoms with E-state index in [4.69, 9.17) is 0 Å². The maximum absolute atomic E-state index is 4.48. The summed E-state index contributed by atoms with van der Waals surface area (Å²) < 4.78 is 0. The van der Waals surface area contributed by atoms with Crippen molar-refractivity contribution in [2.24, 2.45) is 0 Å². The lowest BCUT2D eigenvalue weighted by Crippen LogP contribution is -2.18. The van der Waals surface area contributed by atoms with Crippen LogP contribution >= 0.6 is 0 Å². The highest BCUT2D eigenvalue weighted by Crippen LogP contribution is 2.06. The molecule has 0 amide bonds. The van der Waals surface area contributed by atoms with Crippen molar-refractivity contribution in [1.29, 1.82) is 0 Å². The Kier molecular flexibility index (Phi) is 5.01. The lowest BCUT2D eigenvalue weighted by molar-refractivity contribution is 0.314. The maximum atomic E-state index is 4.48. The van der Waals surface area contributed by atoms with Gasteiger partial charge in [-0.15, -0.1) is 0 Å². The molecule has 0 fully saturated rings. The Labute approximate surface area is 114 Å². The first kappa shape index (κ1) is 13.6. The summed E-state index contributed by atoms with van der Waals surface area (Å²) in [6, 6.07) is 8.27. The van der Waals surface area contributed by atoms with E-state index in [2.05, 4.69) is 45.4 Å². The van der Waals surface area contributed by atoms with Crippen molar-refractivity contribution < 1.29 is 0 Å². The third kappa shape index (κ3) is 4.43. The highest BCUT2D eigenvalue weighted by molar-refractivity contribution is 5.14. The van der Waals surface area contributed by atoms with Crippen LogP contribution in [0.4, 0.5) is 0 Å². The third-order valence-corrected chi connectivity index (χ3v) is 2.87. The highest BCUT2D eigenvalue weighted by Gasteiger charge is 2.03. The van der Waals surface area contributed by atoms with Crippen LogP contribution in [0.1, 0.15) is 16.8 Å². The predicted octanol–water partition coefficient (Wildman–Crippen LogP) is 1.83. The van der Waals surface area contributed by atoms with Gasteiger partial charge in [0, 0.05) is 38.2 Å². The molecule has 19 heavy (non-hydrogen) atoms. The fourth-order valence-corrected chi connectivity index (χ4v) is 1.99. The molecule has 0 bridgehead atoms. The van der Waals surface area contributed by atoms with Gasteiger partial charge in [-0.3, -0.25) is 14.9 Å². The first-order valence-electron chi connectivity index (χ1n) is 6.44. The van der Waals surface area contributed by atoms with Crippen molar-refractivity contribution in [1.82, 2.24) is 20.2 Å². The second-order valence-corrected chi connectivity index (χ2v) is 4.72. The number of nitrogens with one attached hydrogen (secondary N) is 1. The van der Waals surface area contributed by atoms with Gasteiger partial charge in [0.05, 0.1) is 5.69 Å². The summed E-state index contributed by atoms with van der Waals surface area (Å²) in [4.78, 5) is 10.8. The van der Waals surface area contributed by atoms with Gasteiger partial charge in [-0.2, -0.15) is 0 Å². The summed E-state index contributed by atoms with van der Waals surface area (Å²) in [5, 5.41) is 3.12. The van der Waals surface area contributed by atoms with E-state index in [1.807, 2.05) is 25.5 Å². The zero-order chi connectivity index (χ0) is 13.5. The molecule has 2 aromatic rings. The second-order valence-electron chi connectivity index (χ2n) is 4.72. The molecule has 0 saturated heterocycles. The molecule has 100 valence electrons. The average molecular weight is 256 g/mol. The minimum absolute atomic E-state index is 0.842. The lowest BCUT2D eigenvalue weighted by atomic mass is 10.2. The molecule has 0 aliphatic heterocycles. The van der Waals surface area contributed by atoms with Crippen LogP contribution in [0.25, 0.3) is 0 Å². The van der Waals surface area contributed by atoms with E-state index in [9.17, 15) is 0 Å². The molecule has 0 aromatic carbocycles. The van der Waals surface area contributed by atoms with Crippen LogP contribution in [-0.4, -0.2) is 29.0 Å². The smallest absolute Gasteiger partial charge is 0.0544 e. The van der Waals surface area contributed by atoms with Gasteiger partial charge in [-0.1, -0.05) is 12.1 Å². The Bertz CT molecular complexity index is 481. The first-order chi connectivity index (χ1) is 9.28. The number of pyridine rings is 2. The van der Waals surface area contributed by atoms with E-state index >= 15 is 0 Å². The predicted molar refractivity (Wildman–Crippen MR) is 76.4 cm³/mol. The molecule has 0 spiro atoms. The molecule has 0 aliphatic carbocycles. The van der Waals surface area contributed by atoms with Crippen LogP contribution in [0, 0.1) is 0 Å². The van der Waals surface area contributed by atoms with Crippen molar-refractivity contribution >= 4 is 0 Å². The zero-order valence-electron chi connectivity index (χ0n) is 11.5. The molecule has 0 radical (unpaired) electrons. The molecule has 0 atom stereocenters. The average Bonchev–Trinajstić information content (AvgIpc) is 2.42. The van der Waals surface area contributed by atoms with E-state index in [1.54, 1.807) is 6.20 Å². The summed E-state index contributed by atoms with van der Waals surface area (Å²) >= 11 is 0. The van der Waals surface area contributed by atoms with Crippen molar-refractivity contribution in [2.75, 3.05) is 14.1 Å². The Morgan fingerprint density at radius 2 is 2.00 bits per heavy atom. The molecule has 2 aromatic heterocycles. The molecule has 4 heteroatoms. The molecule has 1 N–H and O–H groups in total. The number of nitrogens with zero attached hydrogens (tertiary/aromatic N) is 3. The van der Waals surface area contributed by atoms with Gasteiger partial charge in [0.1, 0.15) is 0 Å². The van der Waals surface area contributed by atoms with E-state index in [0.29, 0.717) is 0 Å². The first-order valence-corrected chi connectivity index (χ1v) is 6.44.